The van der Waals surface area contributed by atoms with Gasteiger partial charge in [0.05, 0.1) is 18.6 Å². The quantitative estimate of drug-likeness (QED) is 0.759. The largest absolute Gasteiger partial charge is 0.491 e. The molecule has 0 aliphatic carbocycles. The number of aliphatic imine (C=N–C) groups is 1. The van der Waals surface area contributed by atoms with Crippen molar-refractivity contribution in [3.05, 3.63) is 35.9 Å². The van der Waals surface area contributed by atoms with Gasteiger partial charge in [0.15, 0.2) is 0 Å². The molecule has 9 heteroatoms. The first-order chi connectivity index (χ1) is 13.6. The minimum atomic E-state index is -0.828. The first kappa shape index (κ1) is 18.9. The number of aliphatic hydroxyl groups excluding tert-OH is 2. The van der Waals surface area contributed by atoms with E-state index in [0.29, 0.717) is 24.0 Å². The molecule has 4 atom stereocenters. The zero-order chi connectivity index (χ0) is 19.7. The lowest BCUT2D eigenvalue weighted by atomic mass is 10.1. The molecule has 8 nitrogen and oxygen atoms in total. The molecule has 1 saturated heterocycles. The Hall–Kier alpha value is -2.49. The van der Waals surface area contributed by atoms with Gasteiger partial charge >= 0.3 is 6.03 Å². The number of ether oxygens (including phenoxy) is 3. The number of aliphatic hydroxyl groups is 2. The Balaban J connectivity index is 1.49. The average molecular weight is 391 g/mol. The third-order valence-electron chi connectivity index (χ3n) is 4.93. The van der Waals surface area contributed by atoms with E-state index in [1.165, 1.54) is 4.90 Å². The summed E-state index contributed by atoms with van der Waals surface area (Å²) in [6.07, 6.45) is -0.0892. The number of carbonyl (C=O) groups is 1. The van der Waals surface area contributed by atoms with Crippen molar-refractivity contribution in [1.82, 2.24) is 4.90 Å². The van der Waals surface area contributed by atoms with Crippen molar-refractivity contribution < 1.29 is 33.6 Å². The van der Waals surface area contributed by atoms with Crippen LogP contribution in [0.1, 0.15) is 12.0 Å². The smallest absolute Gasteiger partial charge is 0.348 e. The number of hydrogen-bond acceptors (Lipinski definition) is 6. The number of urea groups is 1. The number of hydrogen-bond donors (Lipinski definition) is 2. The molecule has 3 heterocycles. The number of alkyl halides is 1. The minimum absolute atomic E-state index is 0.0236. The highest BCUT2D eigenvalue weighted by Crippen LogP contribution is 2.34. The van der Waals surface area contributed by atoms with Gasteiger partial charge in [-0.1, -0.05) is 12.1 Å². The SMILES string of the molecule is O=C1N=C2OC(c3cccc(OCC[18F])c3)=CC2CN1[C@H]1C[C@H](O)[C@@H](CO)O1. The van der Waals surface area contributed by atoms with E-state index in [1.807, 2.05) is 12.1 Å². The zero-order valence-corrected chi connectivity index (χ0v) is 15.0. The highest BCUT2D eigenvalue weighted by molar-refractivity contribution is 6.00. The molecule has 4 rings (SSSR count). The Labute approximate surface area is 160 Å². The number of benzene rings is 1. The Bertz CT molecular complexity index is 813. The molecule has 0 aromatic heterocycles. The summed E-state index contributed by atoms with van der Waals surface area (Å²) in [6.45, 7) is -0.611. The van der Waals surface area contributed by atoms with E-state index >= 15 is 0 Å². The molecule has 3 aliphatic rings. The summed E-state index contributed by atoms with van der Waals surface area (Å²) in [5.41, 5.74) is 0.736. The van der Waals surface area contributed by atoms with Crippen LogP contribution in [0.25, 0.3) is 5.76 Å². The minimum Gasteiger partial charge on any atom is -0.491 e. The van der Waals surface area contributed by atoms with Crippen molar-refractivity contribution in [2.75, 3.05) is 26.4 Å². The molecule has 0 spiro atoms. The van der Waals surface area contributed by atoms with Crippen molar-refractivity contribution in [3.8, 4) is 5.75 Å². The van der Waals surface area contributed by atoms with Gasteiger partial charge in [0.2, 0.25) is 5.90 Å². The summed E-state index contributed by atoms with van der Waals surface area (Å²) in [4.78, 5) is 17.9. The van der Waals surface area contributed by atoms with Gasteiger partial charge < -0.3 is 24.4 Å². The Morgan fingerprint density at radius 2 is 2.25 bits per heavy atom. The molecule has 1 aromatic rings. The Kier molecular flexibility index (Phi) is 5.29. The molecule has 28 heavy (non-hydrogen) atoms. The van der Waals surface area contributed by atoms with Crippen LogP contribution in [0.5, 0.6) is 5.75 Å². The van der Waals surface area contributed by atoms with Gasteiger partial charge in [-0.05, 0) is 18.2 Å². The van der Waals surface area contributed by atoms with Crippen LogP contribution in [0.4, 0.5) is 9.18 Å². The van der Waals surface area contributed by atoms with E-state index in [0.717, 1.165) is 5.56 Å². The van der Waals surface area contributed by atoms with Gasteiger partial charge in [0.1, 0.15) is 37.1 Å². The summed E-state index contributed by atoms with van der Waals surface area (Å²) < 4.78 is 28.9. The molecule has 2 N–H and O–H groups in total. The number of fused-ring (bicyclic) bond motifs is 1. The molecule has 1 fully saturated rings. The fraction of sp³-hybridized carbons (Fsp3) is 0.474. The van der Waals surface area contributed by atoms with Crippen LogP contribution in [-0.4, -0.2) is 71.9 Å². The van der Waals surface area contributed by atoms with E-state index < -0.39 is 31.1 Å². The van der Waals surface area contributed by atoms with Crippen molar-refractivity contribution in [1.29, 1.82) is 0 Å². The van der Waals surface area contributed by atoms with Crippen molar-refractivity contribution >= 4 is 17.7 Å². The summed E-state index contributed by atoms with van der Waals surface area (Å²) in [5, 5.41) is 19.1. The lowest BCUT2D eigenvalue weighted by Gasteiger charge is -2.31. The molecule has 0 radical (unpaired) electrons. The van der Waals surface area contributed by atoms with Crippen LogP contribution in [-0.2, 0) is 9.47 Å². The van der Waals surface area contributed by atoms with Gasteiger partial charge in [0.25, 0.3) is 0 Å². The monoisotopic (exact) mass is 391 g/mol. The van der Waals surface area contributed by atoms with Crippen LogP contribution in [0.3, 0.4) is 0 Å². The summed E-state index contributed by atoms with van der Waals surface area (Å²) in [7, 11) is 0. The van der Waals surface area contributed by atoms with E-state index in [1.54, 1.807) is 18.2 Å². The lowest BCUT2D eigenvalue weighted by Crippen LogP contribution is -2.46. The zero-order valence-electron chi connectivity index (χ0n) is 15.0. The molecule has 0 saturated carbocycles. The predicted octanol–water partition coefficient (Wildman–Crippen LogP) is 1.32. The second kappa shape index (κ2) is 7.86. The molecule has 150 valence electrons. The van der Waals surface area contributed by atoms with Crippen molar-refractivity contribution in [2.24, 2.45) is 10.9 Å². The van der Waals surface area contributed by atoms with E-state index in [4.69, 9.17) is 14.2 Å². The highest BCUT2D eigenvalue weighted by Gasteiger charge is 2.43. The van der Waals surface area contributed by atoms with Crippen molar-refractivity contribution in [3.63, 3.8) is 0 Å². The van der Waals surface area contributed by atoms with Crippen molar-refractivity contribution in [2.45, 2.75) is 24.9 Å². The maximum atomic E-state index is 12.4. The third-order valence-corrected chi connectivity index (χ3v) is 4.93. The first-order valence-electron chi connectivity index (χ1n) is 9.11. The second-order valence-electron chi connectivity index (χ2n) is 6.80. The maximum absolute atomic E-state index is 12.4. The number of amides is 2. The van der Waals surface area contributed by atoms with Crippen LogP contribution in [0.15, 0.2) is 35.3 Å². The van der Waals surface area contributed by atoms with Gasteiger partial charge in [-0.25, -0.2) is 9.18 Å². The fourth-order valence-corrected chi connectivity index (χ4v) is 3.52. The summed E-state index contributed by atoms with van der Waals surface area (Å²) in [6, 6.07) is 6.56. The summed E-state index contributed by atoms with van der Waals surface area (Å²) in [5.74, 6) is 1.14. The topological polar surface area (TPSA) is 101 Å². The third kappa shape index (κ3) is 3.60. The van der Waals surface area contributed by atoms with Crippen LogP contribution in [0.2, 0.25) is 0 Å². The molecular weight excluding hydrogens is 370 g/mol. The van der Waals surface area contributed by atoms with Crippen LogP contribution in [0, 0.1) is 5.92 Å². The second-order valence-corrected chi connectivity index (χ2v) is 6.80. The van der Waals surface area contributed by atoms with E-state index in [-0.39, 0.29) is 25.6 Å². The number of carbonyl (C=O) groups excluding carboxylic acids is 1. The summed E-state index contributed by atoms with van der Waals surface area (Å²) >= 11 is 0. The van der Waals surface area contributed by atoms with Gasteiger partial charge in [0, 0.05) is 18.5 Å². The molecule has 1 aromatic carbocycles. The van der Waals surface area contributed by atoms with E-state index in [9.17, 15) is 19.4 Å². The molecule has 3 aliphatic heterocycles. The number of rotatable bonds is 6. The predicted molar refractivity (Wildman–Crippen MR) is 96.4 cm³/mol. The van der Waals surface area contributed by atoms with E-state index in [2.05, 4.69) is 4.99 Å². The van der Waals surface area contributed by atoms with Gasteiger partial charge in [-0.3, -0.25) is 4.90 Å². The lowest BCUT2D eigenvalue weighted by molar-refractivity contribution is -0.0647. The standard InChI is InChI=1S/C19H21FN2O6/c20-4-5-26-13-3-1-2-11(6-13)15-7-12-9-22(19(25)21-18(12)28-15)17-8-14(24)16(10-23)27-17/h1-3,6-7,12,14,16-17,23-24H,4-5,8-10H2/t12?,14-,16+,17+/m0/s1/i20-1. The maximum Gasteiger partial charge on any atom is 0.348 e. The van der Waals surface area contributed by atoms with Gasteiger partial charge in [-0.15, -0.1) is 0 Å². The van der Waals surface area contributed by atoms with Crippen LogP contribution < -0.4 is 4.74 Å². The normalized spacial score (nSPS) is 29.2. The molecule has 1 unspecified atom stereocenters. The van der Waals surface area contributed by atoms with Crippen LogP contribution >= 0.6 is 0 Å². The van der Waals surface area contributed by atoms with Gasteiger partial charge in [-0.2, -0.15) is 4.99 Å². The number of halogens is 1. The fourth-order valence-electron chi connectivity index (χ4n) is 3.52. The number of nitrogens with zero attached hydrogens (tertiary/aromatic N) is 2. The highest BCUT2D eigenvalue weighted by atomic mass is 18.2. The molecular formula is C19H21FN2O6. The Morgan fingerprint density at radius 3 is 3.00 bits per heavy atom. The Morgan fingerprint density at radius 1 is 1.39 bits per heavy atom. The average Bonchev–Trinajstić information content (AvgIpc) is 3.28. The molecule has 2 amide bonds. The molecule has 0 bridgehead atoms. The first-order valence-corrected chi connectivity index (χ1v) is 9.11.